The molecule has 0 spiro atoms. The summed E-state index contributed by atoms with van der Waals surface area (Å²) in [5, 5.41) is 4.01. The van der Waals surface area contributed by atoms with Crippen molar-refractivity contribution in [2.75, 3.05) is 40.4 Å². The zero-order chi connectivity index (χ0) is 21.8. The Morgan fingerprint density at radius 1 is 0.935 bits per heavy atom. The van der Waals surface area contributed by atoms with Crippen molar-refractivity contribution in [1.29, 1.82) is 0 Å². The minimum atomic E-state index is -0.269. The number of aryl methyl sites for hydroxylation is 1. The number of halogens is 1. The van der Waals surface area contributed by atoms with Gasteiger partial charge in [-0.1, -0.05) is 23.4 Å². The van der Waals surface area contributed by atoms with Gasteiger partial charge in [-0.2, -0.15) is 4.98 Å². The summed E-state index contributed by atoms with van der Waals surface area (Å²) in [5.41, 5.74) is 2.41. The van der Waals surface area contributed by atoms with E-state index in [4.69, 9.17) is 14.0 Å². The Morgan fingerprint density at radius 2 is 1.65 bits per heavy atom. The third-order valence-electron chi connectivity index (χ3n) is 5.58. The van der Waals surface area contributed by atoms with E-state index in [1.807, 2.05) is 12.1 Å². The van der Waals surface area contributed by atoms with Crippen LogP contribution in [-0.4, -0.2) is 60.3 Å². The molecule has 1 fully saturated rings. The van der Waals surface area contributed by atoms with Crippen molar-refractivity contribution in [3.8, 4) is 22.9 Å². The van der Waals surface area contributed by atoms with E-state index in [0.717, 1.165) is 44.2 Å². The maximum Gasteiger partial charge on any atom is 0.241 e. The number of aromatic nitrogens is 2. The predicted octanol–water partition coefficient (Wildman–Crippen LogP) is 3.52. The Morgan fingerprint density at radius 3 is 2.32 bits per heavy atom. The molecule has 0 aliphatic carbocycles. The number of benzene rings is 2. The molecule has 0 N–H and O–H groups in total. The Hall–Kier alpha value is -2.97. The average molecular weight is 426 g/mol. The van der Waals surface area contributed by atoms with E-state index in [-0.39, 0.29) is 5.82 Å². The lowest BCUT2D eigenvalue weighted by Gasteiger charge is -2.34. The van der Waals surface area contributed by atoms with Gasteiger partial charge in [-0.05, 0) is 36.2 Å². The molecule has 2 heterocycles. The molecule has 2 aromatic carbocycles. The van der Waals surface area contributed by atoms with Crippen molar-refractivity contribution in [1.82, 2.24) is 19.9 Å². The molecule has 1 saturated heterocycles. The van der Waals surface area contributed by atoms with Crippen LogP contribution in [0, 0.1) is 12.7 Å². The number of nitrogens with zero attached hydrogens (tertiary/aromatic N) is 4. The van der Waals surface area contributed by atoms with Crippen LogP contribution in [0.15, 0.2) is 40.9 Å². The summed E-state index contributed by atoms with van der Waals surface area (Å²) in [6.45, 7) is 6.88. The summed E-state index contributed by atoms with van der Waals surface area (Å²) in [6, 6.07) is 11.0. The lowest BCUT2D eigenvalue weighted by atomic mass is 10.1. The van der Waals surface area contributed by atoms with Crippen molar-refractivity contribution in [2.24, 2.45) is 0 Å². The van der Waals surface area contributed by atoms with E-state index in [0.29, 0.717) is 29.4 Å². The quantitative estimate of drug-likeness (QED) is 0.573. The summed E-state index contributed by atoms with van der Waals surface area (Å²) >= 11 is 0. The van der Waals surface area contributed by atoms with Gasteiger partial charge in [-0.25, -0.2) is 4.39 Å². The number of rotatable bonds is 7. The summed E-state index contributed by atoms with van der Waals surface area (Å²) in [6.07, 6.45) is 0. The molecule has 1 aliphatic rings. The smallest absolute Gasteiger partial charge is 0.241 e. The maximum absolute atomic E-state index is 13.8. The van der Waals surface area contributed by atoms with Crippen LogP contribution < -0.4 is 9.47 Å². The van der Waals surface area contributed by atoms with Gasteiger partial charge in [0, 0.05) is 38.3 Å². The van der Waals surface area contributed by atoms with Gasteiger partial charge in [0.15, 0.2) is 11.5 Å². The van der Waals surface area contributed by atoms with E-state index < -0.39 is 0 Å². The van der Waals surface area contributed by atoms with E-state index in [2.05, 4.69) is 26.0 Å². The first-order valence-electron chi connectivity index (χ1n) is 10.3. The third kappa shape index (κ3) is 5.03. The minimum Gasteiger partial charge on any atom is -0.493 e. The predicted molar refractivity (Wildman–Crippen MR) is 115 cm³/mol. The molecule has 7 nitrogen and oxygen atoms in total. The second-order valence-electron chi connectivity index (χ2n) is 7.72. The molecule has 1 aromatic heterocycles. The van der Waals surface area contributed by atoms with Gasteiger partial charge in [0.05, 0.1) is 20.8 Å². The van der Waals surface area contributed by atoms with Gasteiger partial charge in [-0.3, -0.25) is 9.80 Å². The molecular weight excluding hydrogens is 399 g/mol. The van der Waals surface area contributed by atoms with Crippen LogP contribution in [0.3, 0.4) is 0 Å². The monoisotopic (exact) mass is 426 g/mol. The van der Waals surface area contributed by atoms with Crippen molar-refractivity contribution in [2.45, 2.75) is 20.0 Å². The lowest BCUT2D eigenvalue weighted by Crippen LogP contribution is -2.45. The van der Waals surface area contributed by atoms with Gasteiger partial charge in [0.1, 0.15) is 5.82 Å². The first-order valence-corrected chi connectivity index (χ1v) is 10.3. The van der Waals surface area contributed by atoms with Crippen molar-refractivity contribution in [3.63, 3.8) is 0 Å². The molecular formula is C23H27FN4O3. The standard InChI is InChI=1S/C23H27FN4O3/c1-16-4-6-18(13-19(16)24)23-25-22(31-26-23)15-28-10-8-27(9-11-28)14-17-5-7-20(29-2)21(12-17)30-3/h4-7,12-13H,8-11,14-15H2,1-3H3. The van der Waals surface area contributed by atoms with Crippen LogP contribution in [-0.2, 0) is 13.1 Å². The normalized spacial score (nSPS) is 15.2. The van der Waals surface area contributed by atoms with Crippen molar-refractivity contribution < 1.29 is 18.4 Å². The highest BCUT2D eigenvalue weighted by Crippen LogP contribution is 2.28. The Balaban J connectivity index is 1.31. The number of piperazine rings is 1. The Kier molecular flexibility index (Phi) is 6.48. The van der Waals surface area contributed by atoms with Crippen LogP contribution >= 0.6 is 0 Å². The van der Waals surface area contributed by atoms with Crippen molar-refractivity contribution >= 4 is 0 Å². The van der Waals surface area contributed by atoms with Crippen LogP contribution in [0.25, 0.3) is 11.4 Å². The Labute approximate surface area is 181 Å². The Bertz CT molecular complexity index is 1030. The van der Waals surface area contributed by atoms with E-state index in [1.165, 1.54) is 11.6 Å². The molecule has 0 amide bonds. The second kappa shape index (κ2) is 9.45. The number of hydrogen-bond donors (Lipinski definition) is 0. The highest BCUT2D eigenvalue weighted by atomic mass is 19.1. The first kappa shape index (κ1) is 21.3. The van der Waals surface area contributed by atoms with E-state index >= 15 is 0 Å². The van der Waals surface area contributed by atoms with Crippen molar-refractivity contribution in [3.05, 3.63) is 59.2 Å². The molecule has 164 valence electrons. The highest BCUT2D eigenvalue weighted by Gasteiger charge is 2.20. The van der Waals surface area contributed by atoms with Crippen LogP contribution in [0.5, 0.6) is 11.5 Å². The summed E-state index contributed by atoms with van der Waals surface area (Å²) in [7, 11) is 3.29. The van der Waals surface area contributed by atoms with E-state index in [9.17, 15) is 4.39 Å². The van der Waals surface area contributed by atoms with Gasteiger partial charge in [0.25, 0.3) is 0 Å². The topological polar surface area (TPSA) is 63.9 Å². The average Bonchev–Trinajstić information content (AvgIpc) is 3.25. The van der Waals surface area contributed by atoms with E-state index in [1.54, 1.807) is 33.3 Å². The highest BCUT2D eigenvalue weighted by molar-refractivity contribution is 5.54. The summed E-state index contributed by atoms with van der Waals surface area (Å²) in [4.78, 5) is 9.14. The molecule has 1 aliphatic heterocycles. The summed E-state index contributed by atoms with van der Waals surface area (Å²) < 4.78 is 29.9. The second-order valence-corrected chi connectivity index (χ2v) is 7.72. The zero-order valence-corrected chi connectivity index (χ0v) is 18.1. The number of hydrogen-bond acceptors (Lipinski definition) is 7. The molecule has 0 bridgehead atoms. The van der Waals surface area contributed by atoms with Crippen LogP contribution in [0.1, 0.15) is 17.0 Å². The van der Waals surface area contributed by atoms with Crippen LogP contribution in [0.4, 0.5) is 4.39 Å². The molecule has 0 unspecified atom stereocenters. The fourth-order valence-electron chi connectivity index (χ4n) is 3.70. The molecule has 4 rings (SSSR count). The minimum absolute atomic E-state index is 0.269. The molecule has 0 saturated carbocycles. The maximum atomic E-state index is 13.8. The molecule has 0 atom stereocenters. The van der Waals surface area contributed by atoms with Gasteiger partial charge >= 0.3 is 0 Å². The largest absolute Gasteiger partial charge is 0.493 e. The fraction of sp³-hybridized carbons (Fsp3) is 0.391. The lowest BCUT2D eigenvalue weighted by molar-refractivity contribution is 0.112. The van der Waals surface area contributed by atoms with Gasteiger partial charge in [0.2, 0.25) is 11.7 Å². The third-order valence-corrected chi connectivity index (χ3v) is 5.58. The summed E-state index contributed by atoms with van der Waals surface area (Å²) in [5.74, 6) is 2.18. The van der Waals surface area contributed by atoms with Crippen LogP contribution in [0.2, 0.25) is 0 Å². The zero-order valence-electron chi connectivity index (χ0n) is 18.1. The SMILES string of the molecule is COc1ccc(CN2CCN(Cc3nc(-c4ccc(C)c(F)c4)no3)CC2)cc1OC. The fourth-order valence-corrected chi connectivity index (χ4v) is 3.70. The first-order chi connectivity index (χ1) is 15.1. The molecule has 8 heteroatoms. The number of ether oxygens (including phenoxy) is 2. The molecule has 31 heavy (non-hydrogen) atoms. The number of methoxy groups -OCH3 is 2. The molecule has 3 aromatic rings. The van der Waals surface area contributed by atoms with Gasteiger partial charge in [-0.15, -0.1) is 0 Å². The molecule has 0 radical (unpaired) electrons. The van der Waals surface area contributed by atoms with Gasteiger partial charge < -0.3 is 14.0 Å².